The lowest BCUT2D eigenvalue weighted by molar-refractivity contribution is 0.0179. The van der Waals surface area contributed by atoms with Gasteiger partial charge in [-0.1, -0.05) is 24.3 Å². The van der Waals surface area contributed by atoms with Crippen LogP contribution in [0.25, 0.3) is 0 Å². The van der Waals surface area contributed by atoms with Crippen molar-refractivity contribution in [1.82, 2.24) is 15.1 Å². The first kappa shape index (κ1) is 24.3. The van der Waals surface area contributed by atoms with Gasteiger partial charge in [0.2, 0.25) is 0 Å². The molecular weight excluding hydrogens is 435 g/mol. The molecule has 0 saturated carbocycles. The molecule has 0 spiro atoms. The van der Waals surface area contributed by atoms with E-state index in [2.05, 4.69) is 10.2 Å². The van der Waals surface area contributed by atoms with E-state index in [1.54, 1.807) is 24.3 Å². The SMILES string of the molecule is Cl.Cl.O=C(O)N1CCN2C(C(c3ccc(F)cc3)c3ccc(F)cc3)CNC[C@@H]2C1. The number of hydrogen-bond acceptors (Lipinski definition) is 3. The quantitative estimate of drug-likeness (QED) is 0.736. The smallest absolute Gasteiger partial charge is 0.407 e. The lowest BCUT2D eigenvalue weighted by Gasteiger charge is -2.50. The lowest BCUT2D eigenvalue weighted by atomic mass is 9.82. The van der Waals surface area contributed by atoms with Crippen LogP contribution in [-0.4, -0.2) is 65.8 Å². The maximum Gasteiger partial charge on any atom is 0.407 e. The highest BCUT2D eigenvalue weighted by Crippen LogP contribution is 2.34. The van der Waals surface area contributed by atoms with E-state index in [1.165, 1.54) is 29.2 Å². The summed E-state index contributed by atoms with van der Waals surface area (Å²) >= 11 is 0. The number of amides is 1. The minimum absolute atomic E-state index is 0. The Bertz CT molecular complexity index is 794. The van der Waals surface area contributed by atoms with E-state index in [4.69, 9.17) is 0 Å². The molecule has 0 bridgehead atoms. The Hall–Kier alpha value is -1.93. The van der Waals surface area contributed by atoms with Crippen molar-refractivity contribution in [2.24, 2.45) is 0 Å². The van der Waals surface area contributed by atoms with E-state index >= 15 is 0 Å². The van der Waals surface area contributed by atoms with Crippen molar-refractivity contribution in [3.8, 4) is 0 Å². The van der Waals surface area contributed by atoms with Crippen LogP contribution in [0.1, 0.15) is 17.0 Å². The molecule has 2 aromatic rings. The number of carbonyl (C=O) groups is 1. The number of hydrogen-bond donors (Lipinski definition) is 2. The summed E-state index contributed by atoms with van der Waals surface area (Å²) in [6.45, 7) is 3.01. The predicted molar refractivity (Wildman–Crippen MR) is 116 cm³/mol. The van der Waals surface area contributed by atoms with Crippen molar-refractivity contribution in [2.75, 3.05) is 32.7 Å². The number of carboxylic acid groups (broad SMARTS) is 1. The highest BCUT2D eigenvalue weighted by Gasteiger charge is 2.40. The van der Waals surface area contributed by atoms with Crippen molar-refractivity contribution < 1.29 is 18.7 Å². The van der Waals surface area contributed by atoms with Crippen LogP contribution in [0.15, 0.2) is 48.5 Å². The molecule has 0 aliphatic carbocycles. The molecule has 2 atom stereocenters. The fraction of sp³-hybridized carbons (Fsp3) is 0.381. The molecule has 2 saturated heterocycles. The Balaban J connectivity index is 0.00000160. The number of nitrogens with zero attached hydrogens (tertiary/aromatic N) is 2. The Kier molecular flexibility index (Phi) is 8.43. The number of nitrogens with one attached hydrogen (secondary N) is 1. The topological polar surface area (TPSA) is 55.8 Å². The van der Waals surface area contributed by atoms with Gasteiger partial charge < -0.3 is 15.3 Å². The molecule has 2 aliphatic heterocycles. The highest BCUT2D eigenvalue weighted by atomic mass is 35.5. The largest absolute Gasteiger partial charge is 0.465 e. The molecule has 9 heteroatoms. The third-order valence-electron chi connectivity index (χ3n) is 5.80. The minimum atomic E-state index is -0.893. The molecule has 1 amide bonds. The fourth-order valence-electron chi connectivity index (χ4n) is 4.46. The van der Waals surface area contributed by atoms with Crippen molar-refractivity contribution in [2.45, 2.75) is 18.0 Å². The molecule has 2 heterocycles. The number of benzene rings is 2. The Morgan fingerprint density at radius 1 is 0.933 bits per heavy atom. The van der Waals surface area contributed by atoms with Gasteiger partial charge in [-0.2, -0.15) is 0 Å². The zero-order chi connectivity index (χ0) is 19.7. The first-order valence-electron chi connectivity index (χ1n) is 9.48. The van der Waals surface area contributed by atoms with E-state index < -0.39 is 6.09 Å². The molecule has 5 nitrogen and oxygen atoms in total. The standard InChI is InChI=1S/C21H23F2N3O2.2ClH/c22-16-5-1-14(2-6-16)20(15-3-7-17(23)8-4-15)19-12-24-11-18-13-25(21(27)28)9-10-26(18)19;;/h1-8,18-20,24H,9-13H2,(H,27,28);2*1H/t18-,19?;;/m1../s1. The van der Waals surface area contributed by atoms with E-state index in [-0.39, 0.29) is 54.5 Å². The van der Waals surface area contributed by atoms with Gasteiger partial charge in [-0.15, -0.1) is 24.8 Å². The summed E-state index contributed by atoms with van der Waals surface area (Å²) in [5.41, 5.74) is 1.92. The van der Waals surface area contributed by atoms with Gasteiger partial charge in [0, 0.05) is 50.7 Å². The van der Waals surface area contributed by atoms with Gasteiger partial charge in [-0.3, -0.25) is 4.90 Å². The molecule has 2 fully saturated rings. The van der Waals surface area contributed by atoms with Gasteiger partial charge in [0.1, 0.15) is 11.6 Å². The predicted octanol–water partition coefficient (Wildman–Crippen LogP) is 3.58. The number of halogens is 4. The first-order chi connectivity index (χ1) is 13.5. The van der Waals surface area contributed by atoms with Crippen LogP contribution >= 0.6 is 24.8 Å². The summed E-state index contributed by atoms with van der Waals surface area (Å²) in [4.78, 5) is 15.2. The summed E-state index contributed by atoms with van der Waals surface area (Å²) < 4.78 is 27.0. The van der Waals surface area contributed by atoms with Gasteiger partial charge in [0.15, 0.2) is 0 Å². The second-order valence-electron chi connectivity index (χ2n) is 7.43. The van der Waals surface area contributed by atoms with Crippen LogP contribution < -0.4 is 5.32 Å². The third-order valence-corrected chi connectivity index (χ3v) is 5.80. The van der Waals surface area contributed by atoms with E-state index in [0.29, 0.717) is 19.6 Å². The number of piperazine rings is 2. The zero-order valence-corrected chi connectivity index (χ0v) is 17.8. The Morgan fingerprint density at radius 2 is 1.47 bits per heavy atom. The molecule has 4 rings (SSSR count). The minimum Gasteiger partial charge on any atom is -0.465 e. The van der Waals surface area contributed by atoms with Crippen molar-refractivity contribution in [3.63, 3.8) is 0 Å². The van der Waals surface area contributed by atoms with Crippen LogP contribution in [0.3, 0.4) is 0 Å². The Labute approximate surface area is 186 Å². The second-order valence-corrected chi connectivity index (χ2v) is 7.43. The van der Waals surface area contributed by atoms with E-state index in [1.807, 2.05) is 0 Å². The molecule has 0 aromatic heterocycles. The molecule has 0 radical (unpaired) electrons. The first-order valence-corrected chi connectivity index (χ1v) is 9.48. The maximum atomic E-state index is 13.5. The molecular formula is C21H25Cl2F2N3O2. The van der Waals surface area contributed by atoms with Gasteiger partial charge in [0.05, 0.1) is 0 Å². The zero-order valence-electron chi connectivity index (χ0n) is 16.2. The van der Waals surface area contributed by atoms with Crippen molar-refractivity contribution >= 4 is 30.9 Å². The van der Waals surface area contributed by atoms with Gasteiger partial charge >= 0.3 is 6.09 Å². The van der Waals surface area contributed by atoms with Crippen LogP contribution in [-0.2, 0) is 0 Å². The second kappa shape index (κ2) is 10.4. The van der Waals surface area contributed by atoms with Crippen molar-refractivity contribution in [1.29, 1.82) is 0 Å². The monoisotopic (exact) mass is 459 g/mol. The average Bonchev–Trinajstić information content (AvgIpc) is 2.70. The van der Waals surface area contributed by atoms with Crippen LogP contribution in [0.4, 0.5) is 13.6 Å². The van der Waals surface area contributed by atoms with Gasteiger partial charge in [-0.05, 0) is 35.4 Å². The van der Waals surface area contributed by atoms with Crippen molar-refractivity contribution in [3.05, 3.63) is 71.3 Å². The third kappa shape index (κ3) is 5.03. The summed E-state index contributed by atoms with van der Waals surface area (Å²) in [6, 6.07) is 13.0. The van der Waals surface area contributed by atoms with E-state index in [9.17, 15) is 18.7 Å². The van der Waals surface area contributed by atoms with Crippen LogP contribution in [0.2, 0.25) is 0 Å². The molecule has 2 aromatic carbocycles. The summed E-state index contributed by atoms with van der Waals surface area (Å²) in [6.07, 6.45) is -0.893. The van der Waals surface area contributed by atoms with E-state index in [0.717, 1.165) is 24.2 Å². The molecule has 2 N–H and O–H groups in total. The molecule has 2 aliphatic rings. The van der Waals surface area contributed by atoms with Gasteiger partial charge in [0.25, 0.3) is 0 Å². The fourth-order valence-corrected chi connectivity index (χ4v) is 4.46. The molecule has 164 valence electrons. The molecule has 30 heavy (non-hydrogen) atoms. The average molecular weight is 460 g/mol. The number of fused-ring (bicyclic) bond motifs is 1. The maximum absolute atomic E-state index is 13.5. The number of rotatable bonds is 3. The summed E-state index contributed by atoms with van der Waals surface area (Å²) in [5, 5.41) is 12.8. The normalized spacial score (nSPS) is 21.4. The Morgan fingerprint density at radius 3 is 1.97 bits per heavy atom. The van der Waals surface area contributed by atoms with Crippen LogP contribution in [0.5, 0.6) is 0 Å². The summed E-state index contributed by atoms with van der Waals surface area (Å²) in [7, 11) is 0. The highest BCUT2D eigenvalue weighted by molar-refractivity contribution is 5.85. The lowest BCUT2D eigenvalue weighted by Crippen LogP contribution is -2.66. The molecule has 1 unspecified atom stereocenters. The van der Waals surface area contributed by atoms with Crippen LogP contribution in [0, 0.1) is 11.6 Å². The van der Waals surface area contributed by atoms with Gasteiger partial charge in [-0.25, -0.2) is 13.6 Å². The summed E-state index contributed by atoms with van der Waals surface area (Å²) in [5.74, 6) is -0.666.